The number of carbonyl (C=O) groups excluding carboxylic acids is 1. The molecule has 0 bridgehead atoms. The third-order valence-corrected chi connectivity index (χ3v) is 2.56. The molecule has 0 saturated heterocycles. The molecule has 0 saturated carbocycles. The minimum absolute atomic E-state index is 0.00396. The van der Waals surface area contributed by atoms with Gasteiger partial charge < -0.3 is 16.0 Å². The molecule has 0 spiro atoms. The molecular weight excluding hydrogens is 234 g/mol. The Kier molecular flexibility index (Phi) is 4.90. The summed E-state index contributed by atoms with van der Waals surface area (Å²) in [5, 5.41) is 2.75. The normalized spacial score (nSPS) is 9.76. The monoisotopic (exact) mass is 251 g/mol. The molecule has 0 atom stereocenters. The van der Waals surface area contributed by atoms with Crippen molar-refractivity contribution in [3.05, 3.63) is 29.8 Å². The SMILES string of the molecule is CCNC(=O)CN(C)c1cccc(C(N)=S)c1. The van der Waals surface area contributed by atoms with E-state index in [4.69, 9.17) is 18.0 Å². The maximum absolute atomic E-state index is 11.4. The molecular formula is C12H17N3OS. The van der Waals surface area contributed by atoms with Crippen LogP contribution in [-0.2, 0) is 4.79 Å². The molecule has 0 aromatic heterocycles. The Balaban J connectivity index is 2.75. The fourth-order valence-corrected chi connectivity index (χ4v) is 1.58. The average molecular weight is 251 g/mol. The van der Waals surface area contributed by atoms with Gasteiger partial charge in [0.2, 0.25) is 5.91 Å². The van der Waals surface area contributed by atoms with Gasteiger partial charge in [0.15, 0.2) is 0 Å². The van der Waals surface area contributed by atoms with Crippen molar-refractivity contribution in [2.45, 2.75) is 6.92 Å². The molecule has 17 heavy (non-hydrogen) atoms. The Morgan fingerprint density at radius 2 is 2.24 bits per heavy atom. The number of nitrogens with one attached hydrogen (secondary N) is 1. The van der Waals surface area contributed by atoms with Crippen LogP contribution in [0.3, 0.4) is 0 Å². The lowest BCUT2D eigenvalue weighted by molar-refractivity contribution is -0.119. The zero-order valence-corrected chi connectivity index (χ0v) is 10.9. The highest BCUT2D eigenvalue weighted by atomic mass is 32.1. The molecule has 0 fully saturated rings. The number of hydrogen-bond donors (Lipinski definition) is 2. The fraction of sp³-hybridized carbons (Fsp3) is 0.333. The molecule has 0 unspecified atom stereocenters. The van der Waals surface area contributed by atoms with E-state index in [0.29, 0.717) is 18.1 Å². The number of thiocarbonyl (C=S) groups is 1. The van der Waals surface area contributed by atoms with Crippen LogP contribution in [0.1, 0.15) is 12.5 Å². The number of likely N-dealkylation sites (N-methyl/N-ethyl adjacent to an activating group) is 2. The van der Waals surface area contributed by atoms with E-state index in [9.17, 15) is 4.79 Å². The quantitative estimate of drug-likeness (QED) is 0.763. The summed E-state index contributed by atoms with van der Waals surface area (Å²) in [7, 11) is 1.86. The molecule has 0 aliphatic rings. The summed E-state index contributed by atoms with van der Waals surface area (Å²) in [6.07, 6.45) is 0. The van der Waals surface area contributed by atoms with Gasteiger partial charge in [0.1, 0.15) is 4.99 Å². The summed E-state index contributed by atoms with van der Waals surface area (Å²) in [4.78, 5) is 13.7. The van der Waals surface area contributed by atoms with Crippen molar-refractivity contribution in [3.63, 3.8) is 0 Å². The smallest absolute Gasteiger partial charge is 0.239 e. The Morgan fingerprint density at radius 3 is 2.82 bits per heavy atom. The molecule has 1 aromatic carbocycles. The van der Waals surface area contributed by atoms with Crippen molar-refractivity contribution in [1.29, 1.82) is 0 Å². The van der Waals surface area contributed by atoms with Crippen LogP contribution >= 0.6 is 12.2 Å². The lowest BCUT2D eigenvalue weighted by Crippen LogP contribution is -2.35. The minimum atomic E-state index is -0.00396. The number of nitrogens with zero attached hydrogens (tertiary/aromatic N) is 1. The number of anilines is 1. The van der Waals surface area contributed by atoms with Gasteiger partial charge in [0, 0.05) is 24.8 Å². The minimum Gasteiger partial charge on any atom is -0.389 e. The van der Waals surface area contributed by atoms with Crippen molar-refractivity contribution in [2.75, 3.05) is 25.0 Å². The second-order valence-electron chi connectivity index (χ2n) is 3.72. The molecule has 1 aromatic rings. The van der Waals surface area contributed by atoms with Crippen LogP contribution in [0.5, 0.6) is 0 Å². The summed E-state index contributed by atoms with van der Waals surface area (Å²) in [5.41, 5.74) is 7.29. The van der Waals surface area contributed by atoms with Crippen molar-refractivity contribution in [3.8, 4) is 0 Å². The zero-order chi connectivity index (χ0) is 12.8. The summed E-state index contributed by atoms with van der Waals surface area (Å²) in [6, 6.07) is 7.52. The Bertz CT molecular complexity index is 420. The van der Waals surface area contributed by atoms with E-state index in [1.807, 2.05) is 43.1 Å². The number of amides is 1. The molecule has 1 amide bonds. The largest absolute Gasteiger partial charge is 0.389 e. The van der Waals surface area contributed by atoms with Crippen LogP contribution in [0.15, 0.2) is 24.3 Å². The molecule has 92 valence electrons. The highest BCUT2D eigenvalue weighted by Crippen LogP contribution is 2.14. The summed E-state index contributed by atoms with van der Waals surface area (Å²) in [6.45, 7) is 2.85. The first-order valence-electron chi connectivity index (χ1n) is 5.42. The van der Waals surface area contributed by atoms with E-state index >= 15 is 0 Å². The third-order valence-electron chi connectivity index (χ3n) is 2.33. The van der Waals surface area contributed by atoms with Crippen LogP contribution in [-0.4, -0.2) is 31.0 Å². The van der Waals surface area contributed by atoms with E-state index in [-0.39, 0.29) is 5.91 Å². The summed E-state index contributed by atoms with van der Waals surface area (Å²) < 4.78 is 0. The van der Waals surface area contributed by atoms with E-state index in [1.165, 1.54) is 0 Å². The van der Waals surface area contributed by atoms with E-state index < -0.39 is 0 Å². The number of hydrogen-bond acceptors (Lipinski definition) is 3. The Morgan fingerprint density at radius 1 is 1.53 bits per heavy atom. The molecule has 0 aliphatic carbocycles. The number of benzene rings is 1. The maximum atomic E-state index is 11.4. The van der Waals surface area contributed by atoms with Crippen LogP contribution in [0.25, 0.3) is 0 Å². The predicted octanol–water partition coefficient (Wildman–Crippen LogP) is 0.893. The Labute approximate surface area is 107 Å². The van der Waals surface area contributed by atoms with Crippen molar-refractivity contribution < 1.29 is 4.79 Å². The van der Waals surface area contributed by atoms with Crippen LogP contribution in [0, 0.1) is 0 Å². The first-order valence-corrected chi connectivity index (χ1v) is 5.83. The molecule has 0 aliphatic heterocycles. The van der Waals surface area contributed by atoms with Gasteiger partial charge in [-0.05, 0) is 19.1 Å². The average Bonchev–Trinajstić information content (AvgIpc) is 2.29. The fourth-order valence-electron chi connectivity index (χ4n) is 1.46. The molecule has 0 heterocycles. The number of nitrogens with two attached hydrogens (primary N) is 1. The lowest BCUT2D eigenvalue weighted by atomic mass is 10.2. The standard InChI is InChI=1S/C12H17N3OS/c1-3-14-11(16)8-15(2)10-6-4-5-9(7-10)12(13)17/h4-7H,3,8H2,1-2H3,(H2,13,17)(H,14,16). The van der Waals surface area contributed by atoms with Gasteiger partial charge >= 0.3 is 0 Å². The molecule has 5 heteroatoms. The van der Waals surface area contributed by atoms with Gasteiger partial charge in [0.25, 0.3) is 0 Å². The van der Waals surface area contributed by atoms with E-state index in [0.717, 1.165) is 11.3 Å². The second-order valence-corrected chi connectivity index (χ2v) is 4.16. The summed E-state index contributed by atoms with van der Waals surface area (Å²) in [5.74, 6) is -0.00396. The first-order chi connectivity index (χ1) is 8.04. The molecule has 4 nitrogen and oxygen atoms in total. The topological polar surface area (TPSA) is 58.4 Å². The number of rotatable bonds is 5. The molecule has 3 N–H and O–H groups in total. The highest BCUT2D eigenvalue weighted by Gasteiger charge is 2.07. The second kappa shape index (κ2) is 6.20. The highest BCUT2D eigenvalue weighted by molar-refractivity contribution is 7.80. The van der Waals surface area contributed by atoms with Crippen LogP contribution < -0.4 is 16.0 Å². The molecule has 1 rings (SSSR count). The van der Waals surface area contributed by atoms with Crippen LogP contribution in [0.2, 0.25) is 0 Å². The maximum Gasteiger partial charge on any atom is 0.239 e. The van der Waals surface area contributed by atoms with Gasteiger partial charge in [0.05, 0.1) is 6.54 Å². The van der Waals surface area contributed by atoms with E-state index in [2.05, 4.69) is 5.32 Å². The van der Waals surface area contributed by atoms with Gasteiger partial charge in [-0.2, -0.15) is 0 Å². The third kappa shape index (κ3) is 4.03. The van der Waals surface area contributed by atoms with Gasteiger partial charge in [-0.25, -0.2) is 0 Å². The lowest BCUT2D eigenvalue weighted by Gasteiger charge is -2.19. The summed E-state index contributed by atoms with van der Waals surface area (Å²) >= 11 is 4.92. The first kappa shape index (κ1) is 13.4. The molecule has 0 radical (unpaired) electrons. The Hall–Kier alpha value is -1.62. The number of carbonyl (C=O) groups is 1. The zero-order valence-electron chi connectivity index (χ0n) is 10.1. The van der Waals surface area contributed by atoms with Gasteiger partial charge in [-0.1, -0.05) is 24.4 Å². The predicted molar refractivity (Wildman–Crippen MR) is 74.3 cm³/mol. The van der Waals surface area contributed by atoms with Gasteiger partial charge in [-0.3, -0.25) is 4.79 Å². The van der Waals surface area contributed by atoms with E-state index in [1.54, 1.807) is 0 Å². The van der Waals surface area contributed by atoms with Crippen molar-refractivity contribution in [2.24, 2.45) is 5.73 Å². The van der Waals surface area contributed by atoms with Crippen LogP contribution in [0.4, 0.5) is 5.69 Å². The van der Waals surface area contributed by atoms with Crippen molar-refractivity contribution in [1.82, 2.24) is 5.32 Å². The van der Waals surface area contributed by atoms with Gasteiger partial charge in [-0.15, -0.1) is 0 Å². The van der Waals surface area contributed by atoms with Crippen molar-refractivity contribution >= 4 is 28.8 Å².